The predicted octanol–water partition coefficient (Wildman–Crippen LogP) is 4.38. The molecular weight excluding hydrogens is 260 g/mol. The lowest BCUT2D eigenvalue weighted by atomic mass is 10.1. The minimum Gasteiger partial charge on any atom is -0.457 e. The monoisotopic (exact) mass is 284 g/mol. The van der Waals surface area contributed by atoms with Crippen molar-refractivity contribution >= 4 is 0 Å². The van der Waals surface area contributed by atoms with E-state index in [4.69, 9.17) is 4.74 Å². The number of rotatable bonds is 4. The molecule has 1 aromatic carbocycles. The fourth-order valence-corrected chi connectivity index (χ4v) is 2.10. The number of benzene rings is 1. The van der Waals surface area contributed by atoms with Crippen LogP contribution in [0.25, 0.3) is 0 Å². The molecule has 0 atom stereocenters. The van der Waals surface area contributed by atoms with Gasteiger partial charge in [0.1, 0.15) is 11.5 Å². The summed E-state index contributed by atoms with van der Waals surface area (Å²) in [6.45, 7) is 11.3. The molecule has 21 heavy (non-hydrogen) atoms. The Hall–Kier alpha value is -1.87. The lowest BCUT2D eigenvalue weighted by Crippen LogP contribution is -2.35. The van der Waals surface area contributed by atoms with Crippen molar-refractivity contribution < 1.29 is 4.74 Å². The Morgan fingerprint density at radius 3 is 2.29 bits per heavy atom. The standard InChI is InChI=1S/C18H24N2O/c1-13-8-14(2)10-17(9-13)21-16-6-7-19-15(11-16)12-20-18(3,4)5/h6-11,20H,12H2,1-5H3. The van der Waals surface area contributed by atoms with Crippen LogP contribution in [-0.2, 0) is 6.54 Å². The number of aromatic nitrogens is 1. The average molecular weight is 284 g/mol. The van der Waals surface area contributed by atoms with Gasteiger partial charge < -0.3 is 10.1 Å². The summed E-state index contributed by atoms with van der Waals surface area (Å²) < 4.78 is 5.94. The molecule has 0 aliphatic heterocycles. The molecule has 0 fully saturated rings. The highest BCUT2D eigenvalue weighted by Crippen LogP contribution is 2.24. The lowest BCUT2D eigenvalue weighted by molar-refractivity contribution is 0.419. The topological polar surface area (TPSA) is 34.1 Å². The van der Waals surface area contributed by atoms with Crippen molar-refractivity contribution in [3.05, 3.63) is 53.3 Å². The number of pyridine rings is 1. The zero-order valence-electron chi connectivity index (χ0n) is 13.5. The van der Waals surface area contributed by atoms with Crippen molar-refractivity contribution in [1.29, 1.82) is 0 Å². The smallest absolute Gasteiger partial charge is 0.130 e. The molecule has 3 nitrogen and oxygen atoms in total. The molecule has 0 spiro atoms. The Morgan fingerprint density at radius 2 is 1.67 bits per heavy atom. The van der Waals surface area contributed by atoms with Crippen molar-refractivity contribution in [3.8, 4) is 11.5 Å². The summed E-state index contributed by atoms with van der Waals surface area (Å²) in [6, 6.07) is 10.1. The van der Waals surface area contributed by atoms with Gasteiger partial charge in [0.25, 0.3) is 0 Å². The molecule has 1 heterocycles. The normalized spacial score (nSPS) is 11.5. The van der Waals surface area contributed by atoms with Crippen molar-refractivity contribution in [3.63, 3.8) is 0 Å². The second-order valence-electron chi connectivity index (χ2n) is 6.51. The van der Waals surface area contributed by atoms with Crippen LogP contribution in [-0.4, -0.2) is 10.5 Å². The maximum absolute atomic E-state index is 5.94. The summed E-state index contributed by atoms with van der Waals surface area (Å²) in [4.78, 5) is 4.38. The van der Waals surface area contributed by atoms with E-state index >= 15 is 0 Å². The molecule has 3 heteroatoms. The second kappa shape index (κ2) is 6.27. The van der Waals surface area contributed by atoms with Crippen LogP contribution in [0, 0.1) is 13.8 Å². The third kappa shape index (κ3) is 5.20. The molecule has 1 N–H and O–H groups in total. The number of hydrogen-bond acceptors (Lipinski definition) is 3. The van der Waals surface area contributed by atoms with E-state index in [1.165, 1.54) is 11.1 Å². The molecule has 0 aliphatic rings. The Bertz CT molecular complexity index is 595. The molecule has 2 aromatic rings. The molecule has 2 rings (SSSR count). The summed E-state index contributed by atoms with van der Waals surface area (Å²) in [5, 5.41) is 3.43. The minimum atomic E-state index is 0.0756. The van der Waals surface area contributed by atoms with Crippen LogP contribution in [0.1, 0.15) is 37.6 Å². The van der Waals surface area contributed by atoms with Gasteiger partial charge >= 0.3 is 0 Å². The van der Waals surface area contributed by atoms with Gasteiger partial charge in [-0.3, -0.25) is 4.98 Å². The van der Waals surface area contributed by atoms with E-state index in [1.54, 1.807) is 6.20 Å². The lowest BCUT2D eigenvalue weighted by Gasteiger charge is -2.20. The van der Waals surface area contributed by atoms with Gasteiger partial charge in [0.15, 0.2) is 0 Å². The molecule has 0 saturated heterocycles. The molecule has 0 amide bonds. The van der Waals surface area contributed by atoms with Gasteiger partial charge in [-0.1, -0.05) is 6.07 Å². The highest BCUT2D eigenvalue weighted by Gasteiger charge is 2.09. The molecule has 0 saturated carbocycles. The van der Waals surface area contributed by atoms with Crippen LogP contribution in [0.5, 0.6) is 11.5 Å². The van der Waals surface area contributed by atoms with E-state index in [0.29, 0.717) is 0 Å². The zero-order valence-corrected chi connectivity index (χ0v) is 13.5. The van der Waals surface area contributed by atoms with Crippen LogP contribution >= 0.6 is 0 Å². The van der Waals surface area contributed by atoms with Gasteiger partial charge in [-0.05, 0) is 63.9 Å². The Balaban J connectivity index is 2.10. The maximum Gasteiger partial charge on any atom is 0.130 e. The van der Waals surface area contributed by atoms with Gasteiger partial charge in [0.05, 0.1) is 5.69 Å². The first-order valence-electron chi connectivity index (χ1n) is 7.28. The van der Waals surface area contributed by atoms with E-state index in [1.807, 2.05) is 24.3 Å². The van der Waals surface area contributed by atoms with Gasteiger partial charge in [-0.2, -0.15) is 0 Å². The van der Waals surface area contributed by atoms with Crippen molar-refractivity contribution in [2.75, 3.05) is 0 Å². The van der Waals surface area contributed by atoms with Crippen molar-refractivity contribution in [1.82, 2.24) is 10.3 Å². The Labute approximate surface area is 127 Å². The summed E-state index contributed by atoms with van der Waals surface area (Å²) in [7, 11) is 0. The van der Waals surface area contributed by atoms with Crippen LogP contribution in [0.4, 0.5) is 0 Å². The average Bonchev–Trinajstić information content (AvgIpc) is 2.35. The summed E-state index contributed by atoms with van der Waals surface area (Å²) >= 11 is 0. The van der Waals surface area contributed by atoms with Gasteiger partial charge in [0.2, 0.25) is 0 Å². The van der Waals surface area contributed by atoms with E-state index in [0.717, 1.165) is 23.7 Å². The number of nitrogens with zero attached hydrogens (tertiary/aromatic N) is 1. The Kier molecular flexibility index (Phi) is 4.63. The number of nitrogens with one attached hydrogen (secondary N) is 1. The first-order valence-corrected chi connectivity index (χ1v) is 7.28. The van der Waals surface area contributed by atoms with Gasteiger partial charge in [-0.15, -0.1) is 0 Å². The van der Waals surface area contributed by atoms with Crippen LogP contribution in [0.2, 0.25) is 0 Å². The third-order valence-corrected chi connectivity index (χ3v) is 3.02. The first-order chi connectivity index (χ1) is 9.82. The minimum absolute atomic E-state index is 0.0756. The SMILES string of the molecule is Cc1cc(C)cc(Oc2ccnc(CNC(C)(C)C)c2)c1. The molecular formula is C18H24N2O. The highest BCUT2D eigenvalue weighted by atomic mass is 16.5. The predicted molar refractivity (Wildman–Crippen MR) is 86.8 cm³/mol. The van der Waals surface area contributed by atoms with E-state index < -0.39 is 0 Å². The largest absolute Gasteiger partial charge is 0.457 e. The fraction of sp³-hybridized carbons (Fsp3) is 0.389. The van der Waals surface area contributed by atoms with Gasteiger partial charge in [0, 0.05) is 24.3 Å². The summed E-state index contributed by atoms with van der Waals surface area (Å²) in [5.74, 6) is 1.69. The second-order valence-corrected chi connectivity index (χ2v) is 6.51. The molecule has 112 valence electrons. The van der Waals surface area contributed by atoms with E-state index in [9.17, 15) is 0 Å². The quantitative estimate of drug-likeness (QED) is 0.904. The van der Waals surface area contributed by atoms with Crippen LogP contribution < -0.4 is 10.1 Å². The number of ether oxygens (including phenoxy) is 1. The van der Waals surface area contributed by atoms with E-state index in [2.05, 4.69) is 51.0 Å². The Morgan fingerprint density at radius 1 is 1.00 bits per heavy atom. The summed E-state index contributed by atoms with van der Waals surface area (Å²) in [5.41, 5.74) is 3.46. The molecule has 0 aliphatic carbocycles. The molecule has 0 unspecified atom stereocenters. The van der Waals surface area contributed by atoms with E-state index in [-0.39, 0.29) is 5.54 Å². The highest BCUT2D eigenvalue weighted by molar-refractivity contribution is 5.37. The van der Waals surface area contributed by atoms with Gasteiger partial charge in [-0.25, -0.2) is 0 Å². The summed E-state index contributed by atoms with van der Waals surface area (Å²) in [6.07, 6.45) is 1.79. The molecule has 0 bridgehead atoms. The third-order valence-electron chi connectivity index (χ3n) is 3.02. The maximum atomic E-state index is 5.94. The van der Waals surface area contributed by atoms with Crippen molar-refractivity contribution in [2.24, 2.45) is 0 Å². The number of aryl methyl sites for hydroxylation is 2. The van der Waals surface area contributed by atoms with Crippen LogP contribution in [0.15, 0.2) is 36.5 Å². The molecule has 1 aromatic heterocycles. The molecule has 0 radical (unpaired) electrons. The zero-order chi connectivity index (χ0) is 15.5. The number of hydrogen-bond donors (Lipinski definition) is 1. The van der Waals surface area contributed by atoms with Crippen molar-refractivity contribution in [2.45, 2.75) is 46.7 Å². The first kappa shape index (κ1) is 15.5. The fourth-order valence-electron chi connectivity index (χ4n) is 2.10. The van der Waals surface area contributed by atoms with Crippen LogP contribution in [0.3, 0.4) is 0 Å².